The molecule has 0 atom stereocenters. The van der Waals surface area contributed by atoms with Gasteiger partial charge in [-0.05, 0) is 25.1 Å². The van der Waals surface area contributed by atoms with Gasteiger partial charge in [0.1, 0.15) is 0 Å². The average molecular weight is 287 g/mol. The largest absolute Gasteiger partial charge is 0.476 e. The standard InChI is InChI=1S/C15H17N3O3/c1-2-18(12-6-4-3-5-7-12)14(19)9-11-17-10-8-13(16-17)15(20)21/h3-8,10H,2,9,11H2,1H3,(H,20,21). The van der Waals surface area contributed by atoms with E-state index in [0.717, 1.165) is 5.69 Å². The predicted octanol–water partition coefficient (Wildman–Crippen LogP) is 2.02. The Labute approximate surface area is 122 Å². The van der Waals surface area contributed by atoms with Gasteiger partial charge in [-0.15, -0.1) is 0 Å². The van der Waals surface area contributed by atoms with Crippen LogP contribution in [0.5, 0.6) is 0 Å². The molecule has 0 radical (unpaired) electrons. The predicted molar refractivity (Wildman–Crippen MR) is 78.3 cm³/mol. The highest BCUT2D eigenvalue weighted by atomic mass is 16.4. The second kappa shape index (κ2) is 6.69. The number of anilines is 1. The Balaban J connectivity index is 1.98. The van der Waals surface area contributed by atoms with E-state index in [1.54, 1.807) is 11.1 Å². The number of carboxylic acid groups (broad SMARTS) is 1. The van der Waals surface area contributed by atoms with Gasteiger partial charge in [0.05, 0.1) is 0 Å². The van der Waals surface area contributed by atoms with E-state index in [9.17, 15) is 9.59 Å². The lowest BCUT2D eigenvalue weighted by atomic mass is 10.2. The minimum Gasteiger partial charge on any atom is -0.476 e. The van der Waals surface area contributed by atoms with Gasteiger partial charge in [0.25, 0.3) is 0 Å². The van der Waals surface area contributed by atoms with Crippen molar-refractivity contribution < 1.29 is 14.7 Å². The van der Waals surface area contributed by atoms with E-state index in [4.69, 9.17) is 5.11 Å². The van der Waals surface area contributed by atoms with Crippen molar-refractivity contribution in [3.05, 3.63) is 48.3 Å². The van der Waals surface area contributed by atoms with Gasteiger partial charge in [0.2, 0.25) is 5.91 Å². The van der Waals surface area contributed by atoms with Crippen LogP contribution in [0.25, 0.3) is 0 Å². The molecule has 110 valence electrons. The third-order valence-corrected chi connectivity index (χ3v) is 3.10. The summed E-state index contributed by atoms with van der Waals surface area (Å²) in [5.74, 6) is -1.09. The summed E-state index contributed by atoms with van der Waals surface area (Å²) >= 11 is 0. The number of hydrogen-bond acceptors (Lipinski definition) is 3. The van der Waals surface area contributed by atoms with Crippen molar-refractivity contribution >= 4 is 17.6 Å². The Hall–Kier alpha value is -2.63. The van der Waals surface area contributed by atoms with E-state index in [2.05, 4.69) is 5.10 Å². The Morgan fingerprint density at radius 3 is 2.52 bits per heavy atom. The number of aryl methyl sites for hydroxylation is 1. The molecule has 0 spiro atoms. The summed E-state index contributed by atoms with van der Waals surface area (Å²) in [5, 5.41) is 12.7. The summed E-state index contributed by atoms with van der Waals surface area (Å²) in [6, 6.07) is 10.9. The maximum absolute atomic E-state index is 12.3. The molecule has 0 bridgehead atoms. The first-order chi connectivity index (χ1) is 10.1. The summed E-state index contributed by atoms with van der Waals surface area (Å²) in [6.07, 6.45) is 1.83. The quantitative estimate of drug-likeness (QED) is 0.882. The minimum atomic E-state index is -1.07. The molecule has 1 aromatic carbocycles. The van der Waals surface area contributed by atoms with Crippen LogP contribution in [0.15, 0.2) is 42.6 Å². The van der Waals surface area contributed by atoms with Crippen molar-refractivity contribution in [3.8, 4) is 0 Å². The van der Waals surface area contributed by atoms with Crippen LogP contribution in [0.4, 0.5) is 5.69 Å². The van der Waals surface area contributed by atoms with Crippen LogP contribution in [0.3, 0.4) is 0 Å². The number of aromatic carboxylic acids is 1. The van der Waals surface area contributed by atoms with Crippen LogP contribution >= 0.6 is 0 Å². The number of nitrogens with zero attached hydrogens (tertiary/aromatic N) is 3. The normalized spacial score (nSPS) is 10.3. The van der Waals surface area contributed by atoms with E-state index in [0.29, 0.717) is 13.1 Å². The number of amides is 1. The number of aromatic nitrogens is 2. The molecule has 6 nitrogen and oxygen atoms in total. The van der Waals surface area contributed by atoms with Gasteiger partial charge in [-0.1, -0.05) is 18.2 Å². The summed E-state index contributed by atoms with van der Waals surface area (Å²) in [6.45, 7) is 2.86. The van der Waals surface area contributed by atoms with E-state index in [1.807, 2.05) is 37.3 Å². The summed E-state index contributed by atoms with van der Waals surface area (Å²) in [5.41, 5.74) is 0.842. The SMILES string of the molecule is CCN(C(=O)CCn1ccc(C(=O)O)n1)c1ccccc1. The lowest BCUT2D eigenvalue weighted by Crippen LogP contribution is -2.31. The van der Waals surface area contributed by atoms with Gasteiger partial charge in [0.15, 0.2) is 5.69 Å². The van der Waals surface area contributed by atoms with E-state index >= 15 is 0 Å². The first-order valence-corrected chi connectivity index (χ1v) is 6.74. The maximum Gasteiger partial charge on any atom is 0.356 e. The van der Waals surface area contributed by atoms with Crippen LogP contribution in [0.2, 0.25) is 0 Å². The molecule has 6 heteroatoms. The smallest absolute Gasteiger partial charge is 0.356 e. The third-order valence-electron chi connectivity index (χ3n) is 3.10. The van der Waals surface area contributed by atoms with Crippen molar-refractivity contribution in [1.82, 2.24) is 9.78 Å². The second-order valence-corrected chi connectivity index (χ2v) is 4.49. The molecule has 21 heavy (non-hydrogen) atoms. The van der Waals surface area contributed by atoms with Gasteiger partial charge < -0.3 is 10.0 Å². The number of benzene rings is 1. The highest BCUT2D eigenvalue weighted by Gasteiger charge is 2.14. The lowest BCUT2D eigenvalue weighted by molar-refractivity contribution is -0.118. The number of hydrogen-bond donors (Lipinski definition) is 1. The fourth-order valence-corrected chi connectivity index (χ4v) is 2.06. The molecule has 0 unspecified atom stereocenters. The summed E-state index contributed by atoms with van der Waals surface area (Å²) in [7, 11) is 0. The fourth-order valence-electron chi connectivity index (χ4n) is 2.06. The molecule has 1 amide bonds. The fraction of sp³-hybridized carbons (Fsp3) is 0.267. The molecule has 0 saturated carbocycles. The van der Waals surface area contributed by atoms with Crippen LogP contribution in [0.1, 0.15) is 23.8 Å². The Kier molecular flexibility index (Phi) is 4.71. The zero-order valence-electron chi connectivity index (χ0n) is 11.8. The average Bonchev–Trinajstić information content (AvgIpc) is 2.96. The van der Waals surface area contributed by atoms with Gasteiger partial charge >= 0.3 is 5.97 Å². The molecule has 0 aliphatic heterocycles. The zero-order valence-corrected chi connectivity index (χ0v) is 11.8. The topological polar surface area (TPSA) is 75.4 Å². The van der Waals surface area contributed by atoms with Gasteiger partial charge in [-0.3, -0.25) is 9.48 Å². The van der Waals surface area contributed by atoms with Crippen LogP contribution in [-0.4, -0.2) is 33.3 Å². The monoisotopic (exact) mass is 287 g/mol. The lowest BCUT2D eigenvalue weighted by Gasteiger charge is -2.21. The zero-order chi connectivity index (χ0) is 15.2. The number of carbonyl (C=O) groups excluding carboxylic acids is 1. The number of carbonyl (C=O) groups is 2. The highest BCUT2D eigenvalue weighted by Crippen LogP contribution is 2.14. The van der Waals surface area contributed by atoms with Crippen molar-refractivity contribution in [3.63, 3.8) is 0 Å². The van der Waals surface area contributed by atoms with Crippen molar-refractivity contribution in [2.24, 2.45) is 0 Å². The first kappa shape index (κ1) is 14.8. The first-order valence-electron chi connectivity index (χ1n) is 6.74. The van der Waals surface area contributed by atoms with Gasteiger partial charge in [-0.2, -0.15) is 5.10 Å². The maximum atomic E-state index is 12.3. The Morgan fingerprint density at radius 1 is 1.24 bits per heavy atom. The molecular weight excluding hydrogens is 270 g/mol. The minimum absolute atomic E-state index is 0.0159. The molecule has 1 heterocycles. The van der Waals surface area contributed by atoms with Crippen molar-refractivity contribution in [1.29, 1.82) is 0 Å². The molecule has 0 aliphatic carbocycles. The van der Waals surface area contributed by atoms with Crippen LogP contribution in [-0.2, 0) is 11.3 Å². The number of carboxylic acids is 1. The molecule has 1 N–H and O–H groups in total. The van der Waals surface area contributed by atoms with Crippen molar-refractivity contribution in [2.45, 2.75) is 19.9 Å². The number of rotatable bonds is 6. The van der Waals surface area contributed by atoms with Crippen molar-refractivity contribution in [2.75, 3.05) is 11.4 Å². The molecule has 0 saturated heterocycles. The molecule has 1 aromatic heterocycles. The molecule has 2 rings (SSSR count). The molecule has 2 aromatic rings. The highest BCUT2D eigenvalue weighted by molar-refractivity contribution is 5.93. The van der Waals surface area contributed by atoms with Gasteiger partial charge in [-0.25, -0.2) is 4.79 Å². The van der Waals surface area contributed by atoms with E-state index < -0.39 is 5.97 Å². The number of para-hydroxylation sites is 1. The van der Waals surface area contributed by atoms with E-state index in [-0.39, 0.29) is 18.0 Å². The Bertz CT molecular complexity index is 622. The van der Waals surface area contributed by atoms with Gasteiger partial charge in [0, 0.05) is 31.4 Å². The van der Waals surface area contributed by atoms with Crippen LogP contribution < -0.4 is 4.90 Å². The molecule has 0 fully saturated rings. The molecule has 0 aliphatic rings. The van der Waals surface area contributed by atoms with E-state index in [1.165, 1.54) is 10.7 Å². The summed E-state index contributed by atoms with van der Waals surface area (Å²) < 4.78 is 1.47. The Morgan fingerprint density at radius 2 is 1.95 bits per heavy atom. The summed E-state index contributed by atoms with van der Waals surface area (Å²) in [4.78, 5) is 24.7. The second-order valence-electron chi connectivity index (χ2n) is 4.49. The third kappa shape index (κ3) is 3.68. The molecular formula is C15H17N3O3. The van der Waals surface area contributed by atoms with Crippen LogP contribution in [0, 0.1) is 0 Å².